The van der Waals surface area contributed by atoms with E-state index in [1.54, 1.807) is 24.3 Å². The maximum Gasteiger partial charge on any atom is 0.422 e. The van der Waals surface area contributed by atoms with Gasteiger partial charge in [-0.2, -0.15) is 28.1 Å². The van der Waals surface area contributed by atoms with Gasteiger partial charge >= 0.3 is 12.2 Å². The fourth-order valence-corrected chi connectivity index (χ4v) is 2.51. The summed E-state index contributed by atoms with van der Waals surface area (Å²) in [4.78, 5) is 11.9. The quantitative estimate of drug-likeness (QED) is 0.500. The molecular formula is C20H17F5N4O2. The second-order valence-corrected chi connectivity index (χ2v) is 6.50. The second kappa shape index (κ2) is 8.70. The van der Waals surface area contributed by atoms with Gasteiger partial charge in [0.1, 0.15) is 5.75 Å². The first-order valence-electron chi connectivity index (χ1n) is 8.89. The molecule has 0 fully saturated rings. The van der Waals surface area contributed by atoms with Gasteiger partial charge in [0.05, 0.1) is 7.11 Å². The van der Waals surface area contributed by atoms with Crippen molar-refractivity contribution in [2.24, 2.45) is 0 Å². The first-order chi connectivity index (χ1) is 14.5. The van der Waals surface area contributed by atoms with E-state index in [-0.39, 0.29) is 23.0 Å². The van der Waals surface area contributed by atoms with Crippen molar-refractivity contribution in [3.8, 4) is 23.1 Å². The summed E-state index contributed by atoms with van der Waals surface area (Å²) in [7, 11) is 1.45. The number of hydrogen-bond acceptors (Lipinski definition) is 6. The average Bonchev–Trinajstić information content (AvgIpc) is 2.71. The molecule has 1 N–H and O–H groups in total. The van der Waals surface area contributed by atoms with E-state index in [4.69, 9.17) is 4.74 Å². The summed E-state index contributed by atoms with van der Waals surface area (Å²) in [6, 6.07) is 11.3. The minimum Gasteiger partial charge on any atom is -0.497 e. The topological polar surface area (TPSA) is 69.2 Å². The summed E-state index contributed by atoms with van der Waals surface area (Å²) in [6.45, 7) is -0.857. The number of ether oxygens (including phenoxy) is 2. The van der Waals surface area contributed by atoms with Crippen LogP contribution in [-0.4, -0.2) is 34.8 Å². The van der Waals surface area contributed by atoms with Crippen LogP contribution in [0.5, 0.6) is 11.8 Å². The lowest BCUT2D eigenvalue weighted by atomic mass is 10.1. The Balaban J connectivity index is 1.98. The van der Waals surface area contributed by atoms with Gasteiger partial charge in [-0.1, -0.05) is 24.3 Å². The summed E-state index contributed by atoms with van der Waals surface area (Å²) in [6.07, 6.45) is -4.60. The van der Waals surface area contributed by atoms with Crippen LogP contribution in [0.25, 0.3) is 11.4 Å². The molecule has 6 nitrogen and oxygen atoms in total. The zero-order valence-corrected chi connectivity index (χ0v) is 16.4. The fraction of sp³-hybridized carbons (Fsp3) is 0.250. The van der Waals surface area contributed by atoms with E-state index < -0.39 is 24.7 Å². The third-order valence-corrected chi connectivity index (χ3v) is 3.93. The van der Waals surface area contributed by atoms with E-state index in [2.05, 4.69) is 25.0 Å². The number of methoxy groups -OCH3 is 1. The molecule has 0 unspecified atom stereocenters. The van der Waals surface area contributed by atoms with E-state index in [0.29, 0.717) is 11.3 Å². The number of benzene rings is 2. The second-order valence-electron chi connectivity index (χ2n) is 6.50. The van der Waals surface area contributed by atoms with Crippen LogP contribution in [0.4, 0.5) is 33.6 Å². The van der Waals surface area contributed by atoms with E-state index >= 15 is 0 Å². The molecule has 0 aliphatic carbocycles. The van der Waals surface area contributed by atoms with E-state index in [1.807, 2.05) is 0 Å². The molecule has 3 aromatic rings. The number of nitrogens with one attached hydrogen (secondary N) is 1. The lowest BCUT2D eigenvalue weighted by Gasteiger charge is -2.14. The van der Waals surface area contributed by atoms with Crippen LogP contribution in [0.2, 0.25) is 0 Å². The Labute approximate surface area is 174 Å². The summed E-state index contributed by atoms with van der Waals surface area (Å²) in [5, 5.41) is 2.70. The standard InChI is InChI=1S/C20H17F5N4O2/c1-19(21,22)13-6-4-7-14(10-13)26-17-27-16(12-5-3-8-15(9-12)30-2)28-18(29-17)31-11-20(23,24)25/h3-10H,11H2,1-2H3,(H,26,27,28,29). The Bertz CT molecular complexity index is 1050. The van der Waals surface area contributed by atoms with Gasteiger partial charge in [-0.25, -0.2) is 8.78 Å². The Hall–Kier alpha value is -3.50. The van der Waals surface area contributed by atoms with Gasteiger partial charge in [0.15, 0.2) is 12.4 Å². The van der Waals surface area contributed by atoms with Gasteiger partial charge in [0.25, 0.3) is 5.92 Å². The van der Waals surface area contributed by atoms with Crippen LogP contribution in [0.1, 0.15) is 12.5 Å². The normalized spacial score (nSPS) is 11.8. The van der Waals surface area contributed by atoms with E-state index in [9.17, 15) is 22.0 Å². The lowest BCUT2D eigenvalue weighted by molar-refractivity contribution is -0.154. The molecule has 1 aromatic heterocycles. The minimum atomic E-state index is -4.60. The molecule has 1 heterocycles. The lowest BCUT2D eigenvalue weighted by Crippen LogP contribution is -2.20. The highest BCUT2D eigenvalue weighted by molar-refractivity contribution is 5.61. The zero-order valence-electron chi connectivity index (χ0n) is 16.4. The molecule has 31 heavy (non-hydrogen) atoms. The van der Waals surface area contributed by atoms with Gasteiger partial charge in [0.2, 0.25) is 5.95 Å². The summed E-state index contributed by atoms with van der Waals surface area (Å²) in [5.41, 5.74) is 0.382. The van der Waals surface area contributed by atoms with Crippen molar-refractivity contribution in [2.45, 2.75) is 19.0 Å². The van der Waals surface area contributed by atoms with Crippen LogP contribution in [0.15, 0.2) is 48.5 Å². The SMILES string of the molecule is COc1cccc(-c2nc(Nc3cccc(C(C)(F)F)c3)nc(OCC(F)(F)F)n2)c1. The molecule has 0 atom stereocenters. The number of alkyl halides is 5. The highest BCUT2D eigenvalue weighted by atomic mass is 19.4. The summed E-state index contributed by atoms with van der Waals surface area (Å²) >= 11 is 0. The largest absolute Gasteiger partial charge is 0.497 e. The molecule has 0 spiro atoms. The Kier molecular flexibility index (Phi) is 6.23. The molecule has 0 saturated heterocycles. The minimum absolute atomic E-state index is 0.00514. The molecular weight excluding hydrogens is 423 g/mol. The van der Waals surface area contributed by atoms with Crippen molar-refractivity contribution in [2.75, 3.05) is 19.0 Å². The van der Waals surface area contributed by atoms with Gasteiger partial charge in [0, 0.05) is 23.7 Å². The number of aromatic nitrogens is 3. The van der Waals surface area contributed by atoms with Crippen LogP contribution in [0, 0.1) is 0 Å². The maximum atomic E-state index is 13.6. The molecule has 0 radical (unpaired) electrons. The summed E-state index contributed by atoms with van der Waals surface area (Å²) < 4.78 is 74.7. The van der Waals surface area contributed by atoms with E-state index in [1.165, 1.54) is 31.4 Å². The highest BCUT2D eigenvalue weighted by Gasteiger charge is 2.29. The third kappa shape index (κ3) is 6.24. The van der Waals surface area contributed by atoms with Crippen molar-refractivity contribution in [1.29, 1.82) is 0 Å². The molecule has 0 amide bonds. The molecule has 164 valence electrons. The van der Waals surface area contributed by atoms with Crippen LogP contribution in [0.3, 0.4) is 0 Å². The predicted octanol–water partition coefficient (Wildman–Crippen LogP) is 5.34. The maximum absolute atomic E-state index is 13.6. The number of hydrogen-bond donors (Lipinski definition) is 1. The van der Waals surface area contributed by atoms with Gasteiger partial charge in [-0.15, -0.1) is 0 Å². The Morgan fingerprint density at radius 2 is 1.68 bits per heavy atom. The van der Waals surface area contributed by atoms with Gasteiger partial charge in [-0.3, -0.25) is 0 Å². The average molecular weight is 440 g/mol. The van der Waals surface area contributed by atoms with Gasteiger partial charge < -0.3 is 14.8 Å². The van der Waals surface area contributed by atoms with Crippen molar-refractivity contribution < 1.29 is 31.4 Å². The van der Waals surface area contributed by atoms with E-state index in [0.717, 1.165) is 6.92 Å². The fourth-order valence-electron chi connectivity index (χ4n) is 2.51. The van der Waals surface area contributed by atoms with Crippen LogP contribution in [-0.2, 0) is 5.92 Å². The predicted molar refractivity (Wildman–Crippen MR) is 103 cm³/mol. The van der Waals surface area contributed by atoms with Crippen molar-refractivity contribution in [3.05, 3.63) is 54.1 Å². The number of anilines is 2. The summed E-state index contributed by atoms with van der Waals surface area (Å²) in [5.74, 6) is -2.78. The molecule has 2 aromatic carbocycles. The smallest absolute Gasteiger partial charge is 0.422 e. The number of halogens is 5. The number of rotatable bonds is 7. The molecule has 3 rings (SSSR count). The Morgan fingerprint density at radius 1 is 0.935 bits per heavy atom. The first kappa shape index (κ1) is 22.2. The van der Waals surface area contributed by atoms with Crippen molar-refractivity contribution in [3.63, 3.8) is 0 Å². The zero-order chi connectivity index (χ0) is 22.6. The van der Waals surface area contributed by atoms with Crippen molar-refractivity contribution in [1.82, 2.24) is 15.0 Å². The monoisotopic (exact) mass is 440 g/mol. The molecule has 0 aliphatic heterocycles. The molecule has 11 heteroatoms. The Morgan fingerprint density at radius 3 is 2.35 bits per heavy atom. The van der Waals surface area contributed by atoms with Crippen LogP contribution >= 0.6 is 0 Å². The first-order valence-corrected chi connectivity index (χ1v) is 8.89. The van der Waals surface area contributed by atoms with Crippen LogP contribution < -0.4 is 14.8 Å². The molecule has 0 bridgehead atoms. The molecule has 0 aliphatic rings. The highest BCUT2D eigenvalue weighted by Crippen LogP contribution is 2.30. The third-order valence-electron chi connectivity index (χ3n) is 3.93. The molecule has 0 saturated carbocycles. The number of nitrogens with zero attached hydrogens (tertiary/aromatic N) is 3. The van der Waals surface area contributed by atoms with Crippen molar-refractivity contribution >= 4 is 11.6 Å². The van der Waals surface area contributed by atoms with Gasteiger partial charge in [-0.05, 0) is 24.3 Å².